The normalized spacial score (nSPS) is 11.9. The molecule has 6 nitrogen and oxygen atoms in total. The zero-order valence-electron chi connectivity index (χ0n) is 14.5. The summed E-state index contributed by atoms with van der Waals surface area (Å²) in [5.74, 6) is -1.14. The molecule has 0 saturated heterocycles. The van der Waals surface area contributed by atoms with Gasteiger partial charge in [0.1, 0.15) is 5.69 Å². The van der Waals surface area contributed by atoms with Crippen LogP contribution >= 0.6 is 0 Å². The number of pyridine rings is 1. The number of carbonyl (C=O) groups excluding carboxylic acids is 1. The number of hydrogen-bond acceptors (Lipinski definition) is 5. The van der Waals surface area contributed by atoms with E-state index in [-0.39, 0.29) is 18.2 Å². The first-order chi connectivity index (χ1) is 13.6. The van der Waals surface area contributed by atoms with Crippen LogP contribution in [0.4, 0.5) is 20.2 Å². The number of hydrogen-bond donors (Lipinski definition) is 2. The number of nitrogens with one attached hydrogen (secondary N) is 2. The Morgan fingerprint density at radius 2 is 1.82 bits per heavy atom. The molecule has 0 bridgehead atoms. The fourth-order valence-corrected chi connectivity index (χ4v) is 2.69. The van der Waals surface area contributed by atoms with Crippen LogP contribution in [0.3, 0.4) is 0 Å². The summed E-state index contributed by atoms with van der Waals surface area (Å²) >= 11 is 0. The largest absolute Gasteiger partial charge is 0.454 e. The van der Waals surface area contributed by atoms with E-state index in [4.69, 9.17) is 9.47 Å². The van der Waals surface area contributed by atoms with Gasteiger partial charge in [-0.15, -0.1) is 0 Å². The third kappa shape index (κ3) is 3.85. The highest BCUT2D eigenvalue weighted by atomic mass is 19.2. The van der Waals surface area contributed by atoms with Gasteiger partial charge in [-0.25, -0.2) is 8.78 Å². The quantitative estimate of drug-likeness (QED) is 0.698. The molecule has 1 aliphatic rings. The molecule has 4 rings (SSSR count). The summed E-state index contributed by atoms with van der Waals surface area (Å²) in [7, 11) is 0. The molecule has 3 aromatic rings. The Balaban J connectivity index is 1.42. The lowest BCUT2D eigenvalue weighted by Crippen LogP contribution is -2.14. The van der Waals surface area contributed by atoms with Crippen molar-refractivity contribution >= 4 is 17.3 Å². The third-order valence-electron chi connectivity index (χ3n) is 4.10. The van der Waals surface area contributed by atoms with Crippen molar-refractivity contribution in [2.75, 3.05) is 17.4 Å². The van der Waals surface area contributed by atoms with Gasteiger partial charge < -0.3 is 20.1 Å². The lowest BCUT2D eigenvalue weighted by atomic mass is 10.2. The predicted octanol–water partition coefficient (Wildman–Crippen LogP) is 3.95. The maximum atomic E-state index is 13.3. The van der Waals surface area contributed by atoms with E-state index in [1.54, 1.807) is 12.1 Å². The number of anilines is 2. The van der Waals surface area contributed by atoms with Crippen molar-refractivity contribution in [3.8, 4) is 11.5 Å². The van der Waals surface area contributed by atoms with Crippen molar-refractivity contribution in [1.29, 1.82) is 0 Å². The van der Waals surface area contributed by atoms with Crippen LogP contribution in [0.1, 0.15) is 16.1 Å². The lowest BCUT2D eigenvalue weighted by molar-refractivity contribution is 0.102. The molecular weight excluding hydrogens is 368 g/mol. The first-order valence-corrected chi connectivity index (χ1v) is 8.43. The summed E-state index contributed by atoms with van der Waals surface area (Å²) in [5, 5.41) is 5.69. The van der Waals surface area contributed by atoms with Gasteiger partial charge in [0.25, 0.3) is 5.91 Å². The average Bonchev–Trinajstić information content (AvgIpc) is 3.17. The second kappa shape index (κ2) is 7.51. The zero-order chi connectivity index (χ0) is 19.5. The van der Waals surface area contributed by atoms with E-state index >= 15 is 0 Å². The van der Waals surface area contributed by atoms with Crippen molar-refractivity contribution in [2.24, 2.45) is 0 Å². The van der Waals surface area contributed by atoms with E-state index in [1.807, 2.05) is 18.2 Å². The molecule has 1 amide bonds. The van der Waals surface area contributed by atoms with Crippen molar-refractivity contribution in [1.82, 2.24) is 4.98 Å². The van der Waals surface area contributed by atoms with Crippen LogP contribution in [0, 0.1) is 11.6 Å². The van der Waals surface area contributed by atoms with Crippen molar-refractivity contribution < 1.29 is 23.0 Å². The van der Waals surface area contributed by atoms with E-state index in [2.05, 4.69) is 15.6 Å². The van der Waals surface area contributed by atoms with Gasteiger partial charge in [-0.1, -0.05) is 6.07 Å². The van der Waals surface area contributed by atoms with Crippen LogP contribution in [0.2, 0.25) is 0 Å². The van der Waals surface area contributed by atoms with Gasteiger partial charge in [0, 0.05) is 30.2 Å². The van der Waals surface area contributed by atoms with Gasteiger partial charge in [-0.2, -0.15) is 0 Å². The average molecular weight is 383 g/mol. The van der Waals surface area contributed by atoms with Crippen LogP contribution in [0.15, 0.2) is 54.7 Å². The van der Waals surface area contributed by atoms with Gasteiger partial charge in [0.15, 0.2) is 23.1 Å². The summed E-state index contributed by atoms with van der Waals surface area (Å²) in [4.78, 5) is 16.3. The summed E-state index contributed by atoms with van der Waals surface area (Å²) in [5.41, 5.74) is 1.95. The highest BCUT2D eigenvalue weighted by Gasteiger charge is 2.13. The predicted molar refractivity (Wildman–Crippen MR) is 98.4 cm³/mol. The second-order valence-corrected chi connectivity index (χ2v) is 6.05. The number of ether oxygens (including phenoxy) is 2. The fourth-order valence-electron chi connectivity index (χ4n) is 2.69. The van der Waals surface area contributed by atoms with Crippen LogP contribution < -0.4 is 20.1 Å². The zero-order valence-corrected chi connectivity index (χ0v) is 14.5. The Labute approximate surface area is 159 Å². The molecule has 0 unspecified atom stereocenters. The molecule has 0 spiro atoms. The fraction of sp³-hybridized carbons (Fsp3) is 0.100. The maximum absolute atomic E-state index is 13.3. The van der Waals surface area contributed by atoms with Crippen molar-refractivity contribution in [3.63, 3.8) is 0 Å². The van der Waals surface area contributed by atoms with E-state index in [9.17, 15) is 13.6 Å². The van der Waals surface area contributed by atoms with E-state index < -0.39 is 17.5 Å². The number of benzene rings is 2. The number of amides is 1. The Morgan fingerprint density at radius 1 is 0.964 bits per heavy atom. The molecule has 2 N–H and O–H groups in total. The summed E-state index contributed by atoms with van der Waals surface area (Å²) in [6.45, 7) is 0.720. The van der Waals surface area contributed by atoms with Gasteiger partial charge in [0.05, 0.1) is 0 Å². The minimum absolute atomic E-state index is 0.139. The van der Waals surface area contributed by atoms with Crippen molar-refractivity contribution in [2.45, 2.75) is 6.54 Å². The minimum atomic E-state index is -1.04. The molecule has 2 aromatic carbocycles. The van der Waals surface area contributed by atoms with E-state index in [0.29, 0.717) is 23.7 Å². The highest BCUT2D eigenvalue weighted by Crippen LogP contribution is 2.32. The Morgan fingerprint density at radius 3 is 2.68 bits per heavy atom. The molecule has 0 atom stereocenters. The molecule has 142 valence electrons. The van der Waals surface area contributed by atoms with Gasteiger partial charge in [0.2, 0.25) is 6.79 Å². The number of halogens is 2. The Bertz CT molecular complexity index is 1040. The minimum Gasteiger partial charge on any atom is -0.454 e. The van der Waals surface area contributed by atoms with Crippen LogP contribution in [-0.4, -0.2) is 17.7 Å². The van der Waals surface area contributed by atoms with Gasteiger partial charge >= 0.3 is 0 Å². The summed E-state index contributed by atoms with van der Waals surface area (Å²) in [6.07, 6.45) is 1.49. The Hall–Kier alpha value is -3.68. The number of fused-ring (bicyclic) bond motifs is 1. The summed E-state index contributed by atoms with van der Waals surface area (Å²) in [6, 6.07) is 12.1. The SMILES string of the molecule is O=C(Nc1ccc(F)c(F)c1)c1cc(NCc2ccc3c(c2)OCO3)ccn1. The number of nitrogens with zero attached hydrogens (tertiary/aromatic N) is 1. The first-order valence-electron chi connectivity index (χ1n) is 8.43. The van der Waals surface area contributed by atoms with Gasteiger partial charge in [-0.3, -0.25) is 9.78 Å². The molecule has 1 aliphatic heterocycles. The third-order valence-corrected chi connectivity index (χ3v) is 4.10. The molecule has 2 heterocycles. The first kappa shape index (κ1) is 17.7. The maximum Gasteiger partial charge on any atom is 0.274 e. The smallest absolute Gasteiger partial charge is 0.274 e. The van der Waals surface area contributed by atoms with Crippen LogP contribution in [0.25, 0.3) is 0 Å². The topological polar surface area (TPSA) is 72.5 Å². The lowest BCUT2D eigenvalue weighted by Gasteiger charge is -2.09. The monoisotopic (exact) mass is 383 g/mol. The Kier molecular flexibility index (Phi) is 4.76. The molecule has 0 fully saturated rings. The number of carbonyl (C=O) groups is 1. The number of aromatic nitrogens is 1. The van der Waals surface area contributed by atoms with Crippen LogP contribution in [0.5, 0.6) is 11.5 Å². The summed E-state index contributed by atoms with van der Waals surface area (Å²) < 4.78 is 36.9. The molecular formula is C20H15F2N3O3. The van der Waals surface area contributed by atoms with E-state index in [1.165, 1.54) is 12.3 Å². The number of rotatable bonds is 5. The van der Waals surface area contributed by atoms with Crippen LogP contribution in [-0.2, 0) is 6.54 Å². The molecule has 1 aromatic heterocycles. The van der Waals surface area contributed by atoms with Crippen molar-refractivity contribution in [3.05, 3.63) is 77.6 Å². The van der Waals surface area contributed by atoms with Gasteiger partial charge in [-0.05, 0) is 42.0 Å². The van der Waals surface area contributed by atoms with E-state index in [0.717, 1.165) is 17.7 Å². The standard InChI is InChI=1S/C20H15F2N3O3/c21-15-3-2-14(8-16(15)22)25-20(26)17-9-13(5-6-23-17)24-10-12-1-4-18-19(7-12)28-11-27-18/h1-9H,10-11H2,(H,23,24)(H,25,26). The molecule has 28 heavy (non-hydrogen) atoms. The molecule has 0 aliphatic carbocycles. The highest BCUT2D eigenvalue weighted by molar-refractivity contribution is 6.03. The second-order valence-electron chi connectivity index (χ2n) is 6.05. The molecule has 0 radical (unpaired) electrons. The molecule has 8 heteroatoms. The molecule has 0 saturated carbocycles.